The number of aliphatic hydroxyl groups is 1. The van der Waals surface area contributed by atoms with Crippen LogP contribution in [0.2, 0.25) is 0 Å². The fourth-order valence-electron chi connectivity index (χ4n) is 0.712. The van der Waals surface area contributed by atoms with Gasteiger partial charge in [-0.1, -0.05) is 0 Å². The number of hydrogen-bond donors (Lipinski definition) is 1. The third-order valence-electron chi connectivity index (χ3n) is 1.23. The molecule has 6 nitrogen and oxygen atoms in total. The summed E-state index contributed by atoms with van der Waals surface area (Å²) in [7, 11) is 0. The molecule has 1 N–H and O–H groups in total. The summed E-state index contributed by atoms with van der Waals surface area (Å²) >= 11 is 0. The average Bonchev–Trinajstić information content (AvgIpc) is 2.45. The van der Waals surface area contributed by atoms with E-state index in [0.29, 0.717) is 4.57 Å². The van der Waals surface area contributed by atoms with E-state index in [1.165, 1.54) is 6.92 Å². The van der Waals surface area contributed by atoms with Crippen LogP contribution in [-0.4, -0.2) is 26.1 Å². The van der Waals surface area contributed by atoms with Crippen molar-refractivity contribution in [2.24, 2.45) is 0 Å². The molecule has 0 unspecified atom stereocenters. The van der Waals surface area contributed by atoms with Gasteiger partial charge in [0.05, 0.1) is 12.0 Å². The van der Waals surface area contributed by atoms with Crippen LogP contribution in [0, 0.1) is 17.0 Å². The standard InChI is InChI=1S/C6H9N3O3/c1-5-7-6(9(11)12)4-8(5)2-3-10/h4,10H,2-3H2,1H3/i2D2,3D2. The van der Waals surface area contributed by atoms with E-state index in [1.807, 2.05) is 0 Å². The minimum absolute atomic E-state index is 0.102. The molecule has 0 amide bonds. The van der Waals surface area contributed by atoms with Gasteiger partial charge in [0, 0.05) is 13.4 Å². The van der Waals surface area contributed by atoms with Crippen LogP contribution < -0.4 is 0 Å². The molecular weight excluding hydrogens is 162 g/mol. The number of nitro groups is 1. The van der Waals surface area contributed by atoms with Crippen LogP contribution in [-0.2, 0) is 6.50 Å². The van der Waals surface area contributed by atoms with Gasteiger partial charge in [0.25, 0.3) is 0 Å². The topological polar surface area (TPSA) is 81.2 Å². The van der Waals surface area contributed by atoms with Gasteiger partial charge < -0.3 is 19.8 Å². The van der Waals surface area contributed by atoms with E-state index in [-0.39, 0.29) is 5.82 Å². The van der Waals surface area contributed by atoms with Crippen molar-refractivity contribution in [1.82, 2.24) is 9.55 Å². The lowest BCUT2D eigenvalue weighted by molar-refractivity contribution is -0.389. The number of hydrogen-bond acceptors (Lipinski definition) is 4. The van der Waals surface area contributed by atoms with Crippen molar-refractivity contribution >= 4 is 5.82 Å². The van der Waals surface area contributed by atoms with E-state index >= 15 is 0 Å². The van der Waals surface area contributed by atoms with Gasteiger partial charge in [-0.05, 0) is 9.91 Å². The van der Waals surface area contributed by atoms with Gasteiger partial charge in [-0.25, -0.2) is 0 Å². The van der Waals surface area contributed by atoms with Crippen molar-refractivity contribution in [3.63, 3.8) is 0 Å². The first-order valence-electron chi connectivity index (χ1n) is 5.00. The molecule has 0 spiro atoms. The van der Waals surface area contributed by atoms with Crippen molar-refractivity contribution in [3.8, 4) is 0 Å². The van der Waals surface area contributed by atoms with Gasteiger partial charge in [0.15, 0.2) is 0 Å². The van der Waals surface area contributed by atoms with E-state index in [1.54, 1.807) is 0 Å². The fraction of sp³-hybridized carbons (Fsp3) is 0.500. The normalized spacial score (nSPS) is 17.5. The molecule has 1 rings (SSSR count). The van der Waals surface area contributed by atoms with Crippen LogP contribution in [0.3, 0.4) is 0 Å². The van der Waals surface area contributed by atoms with E-state index in [2.05, 4.69) is 4.98 Å². The number of aryl methyl sites for hydroxylation is 2. The molecule has 0 aromatic carbocycles. The Labute approximate surface area is 74.2 Å². The molecule has 0 bridgehead atoms. The second kappa shape index (κ2) is 3.31. The molecule has 0 aliphatic carbocycles. The Morgan fingerprint density at radius 2 is 2.67 bits per heavy atom. The summed E-state index contributed by atoms with van der Waals surface area (Å²) in [6, 6.07) is 0. The maximum atomic E-state index is 10.4. The molecule has 1 heterocycles. The monoisotopic (exact) mass is 175 g/mol. The quantitative estimate of drug-likeness (QED) is 0.521. The first-order chi connectivity index (χ1) is 7.07. The highest BCUT2D eigenvalue weighted by Crippen LogP contribution is 2.09. The zero-order chi connectivity index (χ0) is 12.7. The number of aromatic nitrogens is 2. The first-order valence-corrected chi connectivity index (χ1v) is 3.00. The van der Waals surface area contributed by atoms with Crippen molar-refractivity contribution in [2.45, 2.75) is 13.4 Å². The van der Waals surface area contributed by atoms with Gasteiger partial charge in [-0.2, -0.15) is 0 Å². The van der Waals surface area contributed by atoms with Crippen LogP contribution in [0.5, 0.6) is 0 Å². The van der Waals surface area contributed by atoms with E-state index in [4.69, 9.17) is 10.6 Å². The molecule has 0 aliphatic heterocycles. The second-order valence-corrected chi connectivity index (χ2v) is 2.00. The van der Waals surface area contributed by atoms with Crippen molar-refractivity contribution in [1.29, 1.82) is 0 Å². The predicted octanol–water partition coefficient (Wildman–Crippen LogP) is 0.0920. The zero-order valence-corrected chi connectivity index (χ0v) is 6.18. The maximum absolute atomic E-state index is 10.4. The minimum Gasteiger partial charge on any atom is -0.395 e. The molecule has 1 aromatic heterocycles. The molecule has 0 saturated carbocycles. The average molecular weight is 175 g/mol. The molecule has 0 aliphatic rings. The van der Waals surface area contributed by atoms with Crippen LogP contribution in [0.1, 0.15) is 11.3 Å². The highest BCUT2D eigenvalue weighted by molar-refractivity contribution is 5.16. The summed E-state index contributed by atoms with van der Waals surface area (Å²) in [6.45, 7) is -4.73. The Morgan fingerprint density at radius 3 is 3.08 bits per heavy atom. The number of imidazole rings is 1. The van der Waals surface area contributed by atoms with Gasteiger partial charge in [0.2, 0.25) is 5.82 Å². The highest BCUT2D eigenvalue weighted by Gasteiger charge is 2.13. The zero-order valence-electron chi connectivity index (χ0n) is 10.2. The summed E-state index contributed by atoms with van der Waals surface area (Å²) in [5.74, 6) is -0.708. The van der Waals surface area contributed by atoms with Crippen molar-refractivity contribution in [2.75, 3.05) is 6.56 Å². The summed E-state index contributed by atoms with van der Waals surface area (Å²) < 4.78 is 29.1. The number of rotatable bonds is 3. The van der Waals surface area contributed by atoms with Crippen molar-refractivity contribution in [3.05, 3.63) is 22.1 Å². The number of nitrogens with zero attached hydrogens (tertiary/aromatic N) is 3. The smallest absolute Gasteiger partial charge is 0.381 e. The molecule has 6 heteroatoms. The molecule has 0 fully saturated rings. The van der Waals surface area contributed by atoms with Gasteiger partial charge in [0.1, 0.15) is 6.20 Å². The molecule has 12 heavy (non-hydrogen) atoms. The summed E-state index contributed by atoms with van der Waals surface area (Å²) in [5, 5.41) is 19.4. The molecule has 1 aromatic rings. The molecule has 0 saturated heterocycles. The second-order valence-electron chi connectivity index (χ2n) is 2.00. The van der Waals surface area contributed by atoms with Crippen LogP contribution in [0.4, 0.5) is 5.82 Å². The third kappa shape index (κ3) is 1.59. The van der Waals surface area contributed by atoms with Crippen molar-refractivity contribution < 1.29 is 15.5 Å². The van der Waals surface area contributed by atoms with Crippen LogP contribution in [0.15, 0.2) is 6.20 Å². The van der Waals surface area contributed by atoms with E-state index in [0.717, 1.165) is 6.20 Å². The Hall–Kier alpha value is -1.43. The Balaban J connectivity index is 3.29. The lowest BCUT2D eigenvalue weighted by Crippen LogP contribution is -2.02. The molecular formula is C6H9N3O3. The van der Waals surface area contributed by atoms with E-state index < -0.39 is 23.8 Å². The molecule has 0 atom stereocenters. The van der Waals surface area contributed by atoms with E-state index in [9.17, 15) is 10.1 Å². The minimum atomic E-state index is -3.17. The third-order valence-corrected chi connectivity index (χ3v) is 1.23. The SMILES string of the molecule is [2H]C([2H])(O)C([2H])([2H])n1cc([N+](=O)[O-])nc1C. The molecule has 66 valence electrons. The highest BCUT2D eigenvalue weighted by atomic mass is 16.6. The lowest BCUT2D eigenvalue weighted by atomic mass is 10.6. The van der Waals surface area contributed by atoms with Gasteiger partial charge in [-0.3, -0.25) is 0 Å². The van der Waals surface area contributed by atoms with Gasteiger partial charge in [-0.15, -0.1) is 0 Å². The summed E-state index contributed by atoms with van der Waals surface area (Å²) in [5.41, 5.74) is 0. The first kappa shape index (κ1) is 4.56. The van der Waals surface area contributed by atoms with Crippen LogP contribution in [0.25, 0.3) is 0 Å². The lowest BCUT2D eigenvalue weighted by Gasteiger charge is -1.95. The Bertz CT molecular complexity index is 425. The molecule has 0 radical (unpaired) electrons. The maximum Gasteiger partial charge on any atom is 0.381 e. The predicted molar refractivity (Wildman–Crippen MR) is 40.7 cm³/mol. The Morgan fingerprint density at radius 1 is 2.00 bits per heavy atom. The fourth-order valence-corrected chi connectivity index (χ4v) is 0.712. The Kier molecular flexibility index (Phi) is 1.26. The van der Waals surface area contributed by atoms with Gasteiger partial charge >= 0.3 is 5.82 Å². The van der Waals surface area contributed by atoms with Crippen LogP contribution >= 0.6 is 0 Å². The summed E-state index contributed by atoms with van der Waals surface area (Å²) in [4.78, 5) is 13.0. The summed E-state index contributed by atoms with van der Waals surface area (Å²) in [6.07, 6.45) is 0.739. The largest absolute Gasteiger partial charge is 0.395 e.